The number of hydrogen-bond donors (Lipinski definition) is 2. The maximum atomic E-state index is 13.0. The van der Waals surface area contributed by atoms with Crippen molar-refractivity contribution >= 4 is 23.6 Å². The van der Waals surface area contributed by atoms with Crippen LogP contribution in [0.4, 0.5) is 4.39 Å². The number of nitrogens with one attached hydrogen (secondary N) is 2. The first-order chi connectivity index (χ1) is 16.1. The molecule has 1 heterocycles. The van der Waals surface area contributed by atoms with Crippen LogP contribution >= 0.6 is 11.8 Å². The fraction of sp³-hybridized carbons (Fsp3) is 0.320. The van der Waals surface area contributed by atoms with Gasteiger partial charge in [-0.05, 0) is 54.8 Å². The lowest BCUT2D eigenvalue weighted by Gasteiger charge is -2.22. The van der Waals surface area contributed by atoms with E-state index in [0.29, 0.717) is 23.9 Å². The first kappa shape index (κ1) is 23.0. The number of rotatable bonds is 8. The number of halogens is 1. The van der Waals surface area contributed by atoms with E-state index in [1.807, 2.05) is 22.9 Å². The van der Waals surface area contributed by atoms with Gasteiger partial charge in [0.2, 0.25) is 5.91 Å². The van der Waals surface area contributed by atoms with E-state index in [9.17, 15) is 14.0 Å². The predicted molar refractivity (Wildman–Crippen MR) is 127 cm³/mol. The van der Waals surface area contributed by atoms with Crippen molar-refractivity contribution in [3.63, 3.8) is 0 Å². The number of imidazole rings is 1. The molecule has 1 fully saturated rings. The van der Waals surface area contributed by atoms with Crippen LogP contribution in [0.15, 0.2) is 66.1 Å². The monoisotopic (exact) mass is 466 g/mol. The van der Waals surface area contributed by atoms with Crippen LogP contribution in [0, 0.1) is 5.82 Å². The molecule has 6 nitrogen and oxygen atoms in total. The highest BCUT2D eigenvalue weighted by Gasteiger charge is 2.16. The second kappa shape index (κ2) is 11.1. The average molecular weight is 467 g/mol. The average Bonchev–Trinajstić information content (AvgIpc) is 3.32. The minimum Gasteiger partial charge on any atom is -0.353 e. The van der Waals surface area contributed by atoms with Gasteiger partial charge in [0.1, 0.15) is 5.82 Å². The highest BCUT2D eigenvalue weighted by atomic mass is 32.2. The minimum absolute atomic E-state index is 0.0367. The lowest BCUT2D eigenvalue weighted by molar-refractivity contribution is -0.119. The summed E-state index contributed by atoms with van der Waals surface area (Å²) in [6.45, 7) is 0.325. The molecule has 2 amide bonds. The molecule has 0 aliphatic heterocycles. The second-order valence-electron chi connectivity index (χ2n) is 8.13. The van der Waals surface area contributed by atoms with E-state index in [0.717, 1.165) is 29.2 Å². The van der Waals surface area contributed by atoms with Gasteiger partial charge in [0.25, 0.3) is 5.91 Å². The smallest absolute Gasteiger partial charge is 0.251 e. The number of benzene rings is 2. The molecule has 0 atom stereocenters. The fourth-order valence-electron chi connectivity index (χ4n) is 3.90. The highest BCUT2D eigenvalue weighted by molar-refractivity contribution is 7.99. The van der Waals surface area contributed by atoms with Crippen LogP contribution in [-0.2, 0) is 11.3 Å². The third kappa shape index (κ3) is 6.44. The Kier molecular flexibility index (Phi) is 7.78. The summed E-state index contributed by atoms with van der Waals surface area (Å²) in [6, 6.07) is 13.5. The van der Waals surface area contributed by atoms with Gasteiger partial charge in [0.15, 0.2) is 5.16 Å². The van der Waals surface area contributed by atoms with E-state index in [2.05, 4.69) is 15.6 Å². The number of amides is 2. The summed E-state index contributed by atoms with van der Waals surface area (Å²) >= 11 is 1.40. The van der Waals surface area contributed by atoms with E-state index in [1.165, 1.54) is 43.2 Å². The topological polar surface area (TPSA) is 76.0 Å². The van der Waals surface area contributed by atoms with Crippen LogP contribution in [-0.4, -0.2) is 33.2 Å². The first-order valence-electron chi connectivity index (χ1n) is 11.2. The molecule has 33 heavy (non-hydrogen) atoms. The molecule has 8 heteroatoms. The molecule has 4 rings (SSSR count). The van der Waals surface area contributed by atoms with Crippen LogP contribution in [0.2, 0.25) is 0 Å². The van der Waals surface area contributed by atoms with Gasteiger partial charge in [0.05, 0.1) is 5.75 Å². The van der Waals surface area contributed by atoms with Crippen molar-refractivity contribution in [1.82, 2.24) is 20.2 Å². The predicted octanol–water partition coefficient (Wildman–Crippen LogP) is 4.48. The minimum atomic E-state index is -0.303. The molecule has 172 valence electrons. The standard InChI is InChI=1S/C25H27FN4O2S/c26-20-10-6-18(7-11-20)16-28-24(32)19-8-12-22(13-9-19)30-15-14-27-25(30)33-17-23(31)29-21-4-2-1-3-5-21/h6-15,21H,1-5,16-17H2,(H,28,32)(H,29,31). The first-order valence-corrected chi connectivity index (χ1v) is 12.2. The molecule has 1 saturated carbocycles. The molecular formula is C25H27FN4O2S. The number of aromatic nitrogens is 2. The molecule has 1 aliphatic rings. The number of hydrogen-bond acceptors (Lipinski definition) is 4. The quantitative estimate of drug-likeness (QED) is 0.480. The summed E-state index contributed by atoms with van der Waals surface area (Å²) in [4.78, 5) is 29.1. The summed E-state index contributed by atoms with van der Waals surface area (Å²) in [5, 5.41) is 6.69. The van der Waals surface area contributed by atoms with E-state index >= 15 is 0 Å². The molecule has 2 N–H and O–H groups in total. The molecule has 0 saturated heterocycles. The van der Waals surface area contributed by atoms with Crippen molar-refractivity contribution < 1.29 is 14.0 Å². The molecule has 0 spiro atoms. The molecule has 1 aliphatic carbocycles. The van der Waals surface area contributed by atoms with E-state index in [1.54, 1.807) is 30.5 Å². The van der Waals surface area contributed by atoms with Gasteiger partial charge in [0, 0.05) is 36.2 Å². The van der Waals surface area contributed by atoms with Crippen LogP contribution in [0.25, 0.3) is 5.69 Å². The largest absolute Gasteiger partial charge is 0.353 e. The van der Waals surface area contributed by atoms with Crippen molar-refractivity contribution in [3.05, 3.63) is 77.9 Å². The zero-order chi connectivity index (χ0) is 23.0. The van der Waals surface area contributed by atoms with Crippen molar-refractivity contribution in [2.75, 3.05) is 5.75 Å². The molecule has 0 radical (unpaired) electrons. The van der Waals surface area contributed by atoms with Crippen molar-refractivity contribution in [2.24, 2.45) is 0 Å². The van der Waals surface area contributed by atoms with Gasteiger partial charge < -0.3 is 10.6 Å². The second-order valence-corrected chi connectivity index (χ2v) is 9.07. The Hall–Kier alpha value is -3.13. The Morgan fingerprint density at radius 2 is 1.76 bits per heavy atom. The van der Waals surface area contributed by atoms with Gasteiger partial charge in [-0.15, -0.1) is 0 Å². The molecule has 0 unspecified atom stereocenters. The summed E-state index contributed by atoms with van der Waals surface area (Å²) < 4.78 is 14.9. The lowest BCUT2D eigenvalue weighted by atomic mass is 9.95. The molecular weight excluding hydrogens is 439 g/mol. The maximum absolute atomic E-state index is 13.0. The van der Waals surface area contributed by atoms with Gasteiger partial charge in [-0.2, -0.15) is 0 Å². The Balaban J connectivity index is 1.31. The van der Waals surface area contributed by atoms with Crippen molar-refractivity contribution in [2.45, 2.75) is 49.8 Å². The molecule has 0 bridgehead atoms. The zero-order valence-corrected chi connectivity index (χ0v) is 19.1. The summed E-state index contributed by atoms with van der Waals surface area (Å²) in [5.41, 5.74) is 2.22. The summed E-state index contributed by atoms with van der Waals surface area (Å²) in [5.74, 6) is -0.153. The molecule has 2 aromatic carbocycles. The summed E-state index contributed by atoms with van der Waals surface area (Å²) in [7, 11) is 0. The third-order valence-corrected chi connectivity index (χ3v) is 6.65. The third-order valence-electron chi connectivity index (χ3n) is 5.68. The van der Waals surface area contributed by atoms with Gasteiger partial charge >= 0.3 is 0 Å². The highest BCUT2D eigenvalue weighted by Crippen LogP contribution is 2.22. The fourth-order valence-corrected chi connectivity index (χ4v) is 4.68. The Bertz CT molecular complexity index is 1080. The van der Waals surface area contributed by atoms with Gasteiger partial charge in [-0.3, -0.25) is 14.2 Å². The number of carbonyl (C=O) groups is 2. The van der Waals surface area contributed by atoms with Crippen LogP contribution in [0.1, 0.15) is 48.0 Å². The zero-order valence-electron chi connectivity index (χ0n) is 18.3. The van der Waals surface area contributed by atoms with E-state index < -0.39 is 0 Å². The van der Waals surface area contributed by atoms with Crippen LogP contribution in [0.5, 0.6) is 0 Å². The Morgan fingerprint density at radius 1 is 1.03 bits per heavy atom. The number of nitrogens with zero attached hydrogens (tertiary/aromatic N) is 2. The number of thioether (sulfide) groups is 1. The summed E-state index contributed by atoms with van der Waals surface area (Å²) in [6.07, 6.45) is 9.29. The Labute approximate surface area is 197 Å². The molecule has 3 aromatic rings. The van der Waals surface area contributed by atoms with E-state index in [4.69, 9.17) is 0 Å². The van der Waals surface area contributed by atoms with Crippen LogP contribution in [0.3, 0.4) is 0 Å². The van der Waals surface area contributed by atoms with Crippen LogP contribution < -0.4 is 10.6 Å². The maximum Gasteiger partial charge on any atom is 0.251 e. The van der Waals surface area contributed by atoms with Crippen molar-refractivity contribution in [3.8, 4) is 5.69 Å². The van der Waals surface area contributed by atoms with Gasteiger partial charge in [-0.1, -0.05) is 43.2 Å². The van der Waals surface area contributed by atoms with Gasteiger partial charge in [-0.25, -0.2) is 9.37 Å². The van der Waals surface area contributed by atoms with E-state index in [-0.39, 0.29) is 17.6 Å². The molecule has 1 aromatic heterocycles. The van der Waals surface area contributed by atoms with Crippen molar-refractivity contribution in [1.29, 1.82) is 0 Å². The normalized spacial score (nSPS) is 14.1. The lowest BCUT2D eigenvalue weighted by Crippen LogP contribution is -2.37. The SMILES string of the molecule is O=C(CSc1nccn1-c1ccc(C(=O)NCc2ccc(F)cc2)cc1)NC1CCCCC1. The number of carbonyl (C=O) groups excluding carboxylic acids is 2. The Morgan fingerprint density at radius 3 is 2.48 bits per heavy atom.